The van der Waals surface area contributed by atoms with Crippen LogP contribution in [-0.2, 0) is 6.61 Å². The predicted octanol–water partition coefficient (Wildman–Crippen LogP) is 6.12. The minimum Gasteiger partial charge on any atom is -0.473 e. The highest BCUT2D eigenvalue weighted by atomic mass is 32.1. The van der Waals surface area contributed by atoms with Gasteiger partial charge in [-0.1, -0.05) is 42.5 Å². The van der Waals surface area contributed by atoms with E-state index < -0.39 is 0 Å². The Morgan fingerprint density at radius 1 is 0.763 bits per heavy atom. The largest absolute Gasteiger partial charge is 0.473 e. The van der Waals surface area contributed by atoms with Gasteiger partial charge in [-0.3, -0.25) is 24.2 Å². The number of ketones is 4. The molecule has 0 unspecified atom stereocenters. The Morgan fingerprint density at radius 3 is 2.26 bits per heavy atom. The summed E-state index contributed by atoms with van der Waals surface area (Å²) in [6.07, 6.45) is 1.83. The van der Waals surface area contributed by atoms with Crippen molar-refractivity contribution in [3.8, 4) is 5.88 Å². The molecule has 4 rings (SSSR count). The Kier molecular flexibility index (Phi) is 9.00. The molecular formula is C30H26N2O5S. The molecule has 0 fully saturated rings. The van der Waals surface area contributed by atoms with E-state index in [9.17, 15) is 19.2 Å². The van der Waals surface area contributed by atoms with Crippen molar-refractivity contribution in [1.29, 1.82) is 0 Å². The van der Waals surface area contributed by atoms with E-state index in [2.05, 4.69) is 9.97 Å². The summed E-state index contributed by atoms with van der Waals surface area (Å²) in [4.78, 5) is 59.3. The van der Waals surface area contributed by atoms with E-state index in [-0.39, 0.29) is 67.0 Å². The Bertz CT molecular complexity index is 1450. The smallest absolute Gasteiger partial charge is 0.214 e. The number of hydrogen-bond acceptors (Lipinski definition) is 8. The van der Waals surface area contributed by atoms with Crippen LogP contribution in [0, 0.1) is 6.92 Å². The molecular weight excluding hydrogens is 500 g/mol. The molecule has 3 heterocycles. The Balaban J connectivity index is 1.37. The van der Waals surface area contributed by atoms with Gasteiger partial charge >= 0.3 is 0 Å². The highest BCUT2D eigenvalue weighted by molar-refractivity contribution is 7.12. The highest BCUT2D eigenvalue weighted by Crippen LogP contribution is 2.20. The maximum absolute atomic E-state index is 12.9. The number of aryl methyl sites for hydroxylation is 1. The SMILES string of the molecule is Cc1ccc(OCc2ccccc2C(=O)CCC(=O)c2cccs2)nc1C(=O)CCC(=O)c1ccccn1. The lowest BCUT2D eigenvalue weighted by molar-refractivity contribution is 0.0911. The zero-order valence-corrected chi connectivity index (χ0v) is 21.7. The lowest BCUT2D eigenvalue weighted by Crippen LogP contribution is -2.11. The molecule has 0 aliphatic heterocycles. The van der Waals surface area contributed by atoms with Crippen LogP contribution in [0.3, 0.4) is 0 Å². The molecule has 0 aliphatic carbocycles. The number of hydrogen-bond donors (Lipinski definition) is 0. The molecule has 0 bridgehead atoms. The van der Waals surface area contributed by atoms with Gasteiger partial charge in [-0.25, -0.2) is 4.98 Å². The van der Waals surface area contributed by atoms with Gasteiger partial charge in [0.1, 0.15) is 18.0 Å². The molecule has 0 saturated carbocycles. The van der Waals surface area contributed by atoms with Gasteiger partial charge < -0.3 is 4.74 Å². The molecule has 0 spiro atoms. The van der Waals surface area contributed by atoms with E-state index in [1.807, 2.05) is 17.5 Å². The van der Waals surface area contributed by atoms with Gasteiger partial charge in [0.2, 0.25) is 5.88 Å². The summed E-state index contributed by atoms with van der Waals surface area (Å²) in [5.74, 6) is -0.417. The zero-order chi connectivity index (χ0) is 26.9. The van der Waals surface area contributed by atoms with Crippen LogP contribution in [-0.4, -0.2) is 33.1 Å². The quantitative estimate of drug-likeness (QED) is 0.193. The van der Waals surface area contributed by atoms with Gasteiger partial charge in [-0.2, -0.15) is 0 Å². The molecule has 192 valence electrons. The van der Waals surface area contributed by atoms with Crippen LogP contribution in [0.15, 0.2) is 78.3 Å². The predicted molar refractivity (Wildman–Crippen MR) is 144 cm³/mol. The molecule has 0 N–H and O–H groups in total. The van der Waals surface area contributed by atoms with Crippen molar-refractivity contribution >= 4 is 34.5 Å². The maximum Gasteiger partial charge on any atom is 0.214 e. The summed E-state index contributed by atoms with van der Waals surface area (Å²) in [7, 11) is 0. The summed E-state index contributed by atoms with van der Waals surface area (Å²) < 4.78 is 5.85. The first kappa shape index (κ1) is 26.8. The van der Waals surface area contributed by atoms with Crippen LogP contribution in [0.25, 0.3) is 0 Å². The van der Waals surface area contributed by atoms with Gasteiger partial charge in [0.25, 0.3) is 0 Å². The van der Waals surface area contributed by atoms with Crippen LogP contribution in [0.1, 0.15) is 77.8 Å². The van der Waals surface area contributed by atoms with Gasteiger partial charge in [0.15, 0.2) is 23.1 Å². The third-order valence-corrected chi connectivity index (χ3v) is 6.84. The zero-order valence-electron chi connectivity index (χ0n) is 20.9. The van der Waals surface area contributed by atoms with E-state index in [4.69, 9.17) is 4.74 Å². The second kappa shape index (κ2) is 12.8. The molecule has 0 radical (unpaired) electrons. The highest BCUT2D eigenvalue weighted by Gasteiger charge is 2.17. The van der Waals surface area contributed by atoms with E-state index >= 15 is 0 Å². The number of nitrogens with zero attached hydrogens (tertiary/aromatic N) is 2. The molecule has 3 aromatic heterocycles. The molecule has 1 aromatic carbocycles. The fraction of sp³-hybridized carbons (Fsp3) is 0.200. The first-order valence-corrected chi connectivity index (χ1v) is 13.1. The number of aromatic nitrogens is 2. The average Bonchev–Trinajstić information content (AvgIpc) is 3.50. The number of rotatable bonds is 13. The fourth-order valence-electron chi connectivity index (χ4n) is 3.87. The van der Waals surface area contributed by atoms with E-state index in [0.717, 1.165) is 0 Å². The number of Topliss-reactive ketones (excluding diaryl/α,β-unsaturated/α-hetero) is 4. The second-order valence-corrected chi connectivity index (χ2v) is 9.59. The number of carbonyl (C=O) groups is 4. The van der Waals surface area contributed by atoms with Crippen LogP contribution in [0.5, 0.6) is 5.88 Å². The summed E-state index contributed by atoms with van der Waals surface area (Å²) in [5, 5.41) is 1.83. The molecule has 7 nitrogen and oxygen atoms in total. The van der Waals surface area contributed by atoms with Gasteiger partial charge in [0.05, 0.1) is 4.88 Å². The molecule has 4 aromatic rings. The van der Waals surface area contributed by atoms with Crippen molar-refractivity contribution in [1.82, 2.24) is 9.97 Å². The average molecular weight is 527 g/mol. The third kappa shape index (κ3) is 6.92. The fourth-order valence-corrected chi connectivity index (χ4v) is 4.56. The number of ether oxygens (including phenoxy) is 1. The van der Waals surface area contributed by atoms with Crippen LogP contribution < -0.4 is 4.74 Å². The lowest BCUT2D eigenvalue weighted by Gasteiger charge is -2.11. The summed E-state index contributed by atoms with van der Waals surface area (Å²) in [6, 6.07) is 19.1. The number of thiophene rings is 1. The van der Waals surface area contributed by atoms with Gasteiger partial charge in [-0.15, -0.1) is 11.3 Å². The molecule has 0 aliphatic rings. The summed E-state index contributed by atoms with van der Waals surface area (Å²) >= 11 is 1.36. The molecule has 8 heteroatoms. The van der Waals surface area contributed by atoms with Crippen molar-refractivity contribution in [2.75, 3.05) is 0 Å². The normalized spacial score (nSPS) is 10.7. The first-order chi connectivity index (χ1) is 18.4. The minimum atomic E-state index is -0.261. The molecule has 0 atom stereocenters. The van der Waals surface area contributed by atoms with Crippen molar-refractivity contribution in [3.05, 3.63) is 111 Å². The van der Waals surface area contributed by atoms with E-state index in [0.29, 0.717) is 27.3 Å². The third-order valence-electron chi connectivity index (χ3n) is 5.93. The van der Waals surface area contributed by atoms with Crippen LogP contribution in [0.4, 0.5) is 0 Å². The number of carbonyl (C=O) groups excluding carboxylic acids is 4. The van der Waals surface area contributed by atoms with E-state index in [1.54, 1.807) is 61.5 Å². The Labute approximate surface area is 224 Å². The van der Waals surface area contributed by atoms with Crippen molar-refractivity contribution in [2.45, 2.75) is 39.2 Å². The number of pyridine rings is 2. The summed E-state index contributed by atoms with van der Waals surface area (Å²) in [5.41, 5.74) is 2.40. The lowest BCUT2D eigenvalue weighted by atomic mass is 10.00. The van der Waals surface area contributed by atoms with Crippen molar-refractivity contribution in [2.24, 2.45) is 0 Å². The van der Waals surface area contributed by atoms with Crippen LogP contribution >= 0.6 is 11.3 Å². The Morgan fingerprint density at radius 2 is 1.50 bits per heavy atom. The van der Waals surface area contributed by atoms with Crippen molar-refractivity contribution < 1.29 is 23.9 Å². The second-order valence-electron chi connectivity index (χ2n) is 8.65. The monoisotopic (exact) mass is 526 g/mol. The summed E-state index contributed by atoms with van der Waals surface area (Å²) in [6.45, 7) is 1.85. The van der Waals surface area contributed by atoms with Gasteiger partial charge in [-0.05, 0) is 36.1 Å². The minimum absolute atomic E-state index is 0.00816. The van der Waals surface area contributed by atoms with Crippen LogP contribution in [0.2, 0.25) is 0 Å². The molecule has 0 amide bonds. The maximum atomic E-state index is 12.9. The standard InChI is InChI=1S/C30H26N2O5S/c1-20-11-16-29(32-30(20)27(36)15-13-25(34)23-9-4-5-17-31-23)37-19-21-7-2-3-8-22(21)24(33)12-14-26(35)28-10-6-18-38-28/h2-11,16-18H,12-15,19H2,1H3. The van der Waals surface area contributed by atoms with Gasteiger partial charge in [0, 0.05) is 49.1 Å². The first-order valence-electron chi connectivity index (χ1n) is 12.2. The molecule has 0 saturated heterocycles. The molecule has 38 heavy (non-hydrogen) atoms. The Hall–Kier alpha value is -4.30. The van der Waals surface area contributed by atoms with Crippen molar-refractivity contribution in [3.63, 3.8) is 0 Å². The topological polar surface area (TPSA) is 103 Å². The van der Waals surface area contributed by atoms with E-state index in [1.165, 1.54) is 17.5 Å². The number of benzene rings is 1.